The summed E-state index contributed by atoms with van der Waals surface area (Å²) < 4.78 is 5.30. The summed E-state index contributed by atoms with van der Waals surface area (Å²) >= 11 is 0. The van der Waals surface area contributed by atoms with Gasteiger partial charge in [0.15, 0.2) is 0 Å². The fraction of sp³-hybridized carbons (Fsp3) is 0.429. The van der Waals surface area contributed by atoms with E-state index in [2.05, 4.69) is 10.2 Å². The summed E-state index contributed by atoms with van der Waals surface area (Å²) in [6.45, 7) is 3.46. The van der Waals surface area contributed by atoms with E-state index < -0.39 is 5.91 Å². The van der Waals surface area contributed by atoms with Gasteiger partial charge in [-0.05, 0) is 24.3 Å². The highest BCUT2D eigenvalue weighted by Gasteiger charge is 2.12. The van der Waals surface area contributed by atoms with E-state index in [-0.39, 0.29) is 18.9 Å². The van der Waals surface area contributed by atoms with Crippen molar-refractivity contribution in [3.63, 3.8) is 0 Å². The van der Waals surface area contributed by atoms with Crippen LogP contribution in [0.3, 0.4) is 0 Å². The molecule has 0 atom stereocenters. The Bertz CT molecular complexity index is 467. The Labute approximate surface area is 117 Å². The molecule has 2 amide bonds. The van der Waals surface area contributed by atoms with Gasteiger partial charge in [0.25, 0.3) is 5.91 Å². The molecule has 2 rings (SSSR count). The smallest absolute Gasteiger partial charge is 0.251 e. The topological polar surface area (TPSA) is 84.7 Å². The van der Waals surface area contributed by atoms with Crippen molar-refractivity contribution in [1.82, 2.24) is 5.32 Å². The molecule has 1 aliphatic rings. The Hall–Kier alpha value is -2.08. The first-order valence-electron chi connectivity index (χ1n) is 6.66. The van der Waals surface area contributed by atoms with Gasteiger partial charge in [-0.1, -0.05) is 0 Å². The number of anilines is 1. The number of nitrogens with one attached hydrogen (secondary N) is 1. The van der Waals surface area contributed by atoms with Crippen LogP contribution in [-0.4, -0.2) is 44.7 Å². The molecule has 1 aliphatic heterocycles. The van der Waals surface area contributed by atoms with Gasteiger partial charge in [-0.3, -0.25) is 9.59 Å². The number of carbonyl (C=O) groups is 2. The molecule has 0 unspecified atom stereocenters. The Morgan fingerprint density at radius 3 is 2.45 bits per heavy atom. The normalized spacial score (nSPS) is 14.9. The lowest BCUT2D eigenvalue weighted by Gasteiger charge is -2.28. The van der Waals surface area contributed by atoms with Crippen LogP contribution >= 0.6 is 0 Å². The number of nitrogens with two attached hydrogens (primary N) is 1. The standard InChI is InChI=1S/C14H19N3O3/c15-13(18)5-6-16-14(19)11-1-3-12(4-2-11)17-7-9-20-10-8-17/h1-4H,5-10H2,(H2,15,18)(H,16,19). The summed E-state index contributed by atoms with van der Waals surface area (Å²) in [5.41, 5.74) is 6.67. The van der Waals surface area contributed by atoms with Crippen LogP contribution in [-0.2, 0) is 9.53 Å². The zero-order valence-electron chi connectivity index (χ0n) is 11.3. The average Bonchev–Trinajstić information content (AvgIpc) is 2.48. The fourth-order valence-corrected chi connectivity index (χ4v) is 2.05. The van der Waals surface area contributed by atoms with Crippen molar-refractivity contribution in [3.05, 3.63) is 29.8 Å². The van der Waals surface area contributed by atoms with Gasteiger partial charge in [-0.25, -0.2) is 0 Å². The molecular formula is C14H19N3O3. The van der Waals surface area contributed by atoms with Crippen molar-refractivity contribution in [1.29, 1.82) is 0 Å². The quantitative estimate of drug-likeness (QED) is 0.801. The van der Waals surface area contributed by atoms with Crippen molar-refractivity contribution in [2.24, 2.45) is 5.73 Å². The lowest BCUT2D eigenvalue weighted by atomic mass is 10.1. The molecule has 1 aromatic rings. The first kappa shape index (κ1) is 14.3. The molecule has 1 aromatic carbocycles. The number of rotatable bonds is 5. The van der Waals surface area contributed by atoms with Crippen LogP contribution in [0.4, 0.5) is 5.69 Å². The van der Waals surface area contributed by atoms with Crippen LogP contribution in [0.25, 0.3) is 0 Å². The Morgan fingerprint density at radius 1 is 1.20 bits per heavy atom. The summed E-state index contributed by atoms with van der Waals surface area (Å²) in [6, 6.07) is 7.41. The molecule has 0 saturated carbocycles. The predicted molar refractivity (Wildman–Crippen MR) is 75.6 cm³/mol. The first-order valence-corrected chi connectivity index (χ1v) is 6.66. The number of benzene rings is 1. The lowest BCUT2D eigenvalue weighted by molar-refractivity contribution is -0.117. The molecule has 0 aromatic heterocycles. The van der Waals surface area contributed by atoms with Crippen LogP contribution in [0, 0.1) is 0 Å². The van der Waals surface area contributed by atoms with E-state index in [1.807, 2.05) is 12.1 Å². The molecule has 1 saturated heterocycles. The molecule has 6 heteroatoms. The third kappa shape index (κ3) is 3.96. The van der Waals surface area contributed by atoms with Crippen molar-refractivity contribution in [2.45, 2.75) is 6.42 Å². The molecule has 20 heavy (non-hydrogen) atoms. The summed E-state index contributed by atoms with van der Waals surface area (Å²) in [6.07, 6.45) is 0.150. The zero-order chi connectivity index (χ0) is 14.4. The number of primary amides is 1. The average molecular weight is 277 g/mol. The highest BCUT2D eigenvalue weighted by atomic mass is 16.5. The molecule has 108 valence electrons. The zero-order valence-corrected chi connectivity index (χ0v) is 11.3. The minimum Gasteiger partial charge on any atom is -0.378 e. The summed E-state index contributed by atoms with van der Waals surface area (Å²) in [4.78, 5) is 24.6. The second-order valence-corrected chi connectivity index (χ2v) is 4.62. The van der Waals surface area contributed by atoms with Crippen molar-refractivity contribution < 1.29 is 14.3 Å². The number of amides is 2. The van der Waals surface area contributed by atoms with Gasteiger partial charge in [0.2, 0.25) is 5.91 Å². The maximum Gasteiger partial charge on any atom is 0.251 e. The number of ether oxygens (including phenoxy) is 1. The van der Waals surface area contributed by atoms with Crippen LogP contribution < -0.4 is 16.0 Å². The molecule has 0 radical (unpaired) electrons. The highest BCUT2D eigenvalue weighted by molar-refractivity contribution is 5.94. The summed E-state index contributed by atoms with van der Waals surface area (Å²) in [5.74, 6) is -0.618. The van der Waals surface area contributed by atoms with Crippen molar-refractivity contribution in [3.8, 4) is 0 Å². The van der Waals surface area contributed by atoms with Crippen molar-refractivity contribution >= 4 is 17.5 Å². The van der Waals surface area contributed by atoms with E-state index >= 15 is 0 Å². The minimum atomic E-state index is -0.423. The van der Waals surface area contributed by atoms with Gasteiger partial charge in [-0.15, -0.1) is 0 Å². The molecular weight excluding hydrogens is 258 g/mol. The second kappa shape index (κ2) is 6.91. The van der Waals surface area contributed by atoms with Crippen LogP contribution in [0.15, 0.2) is 24.3 Å². The third-order valence-corrected chi connectivity index (χ3v) is 3.16. The van der Waals surface area contributed by atoms with E-state index in [1.165, 1.54) is 0 Å². The third-order valence-electron chi connectivity index (χ3n) is 3.16. The predicted octanol–water partition coefficient (Wildman–Crippen LogP) is 0.128. The lowest BCUT2D eigenvalue weighted by Crippen LogP contribution is -2.36. The van der Waals surface area contributed by atoms with Crippen LogP contribution in [0.1, 0.15) is 16.8 Å². The molecule has 6 nitrogen and oxygen atoms in total. The highest BCUT2D eigenvalue weighted by Crippen LogP contribution is 2.16. The van der Waals surface area contributed by atoms with Crippen molar-refractivity contribution in [2.75, 3.05) is 37.7 Å². The monoisotopic (exact) mass is 277 g/mol. The second-order valence-electron chi connectivity index (χ2n) is 4.62. The van der Waals surface area contributed by atoms with Gasteiger partial charge in [-0.2, -0.15) is 0 Å². The van der Waals surface area contributed by atoms with Gasteiger partial charge in [0.1, 0.15) is 0 Å². The maximum absolute atomic E-state index is 11.8. The first-order chi connectivity index (χ1) is 9.66. The van der Waals surface area contributed by atoms with Gasteiger partial charge >= 0.3 is 0 Å². The summed E-state index contributed by atoms with van der Waals surface area (Å²) in [5, 5.41) is 2.66. The molecule has 3 N–H and O–H groups in total. The fourth-order valence-electron chi connectivity index (χ4n) is 2.05. The summed E-state index contributed by atoms with van der Waals surface area (Å²) in [7, 11) is 0. The number of hydrogen-bond acceptors (Lipinski definition) is 4. The Balaban J connectivity index is 1.90. The largest absolute Gasteiger partial charge is 0.378 e. The molecule has 1 heterocycles. The minimum absolute atomic E-state index is 0.150. The van der Waals surface area contributed by atoms with E-state index in [4.69, 9.17) is 10.5 Å². The van der Waals surface area contributed by atoms with E-state index in [9.17, 15) is 9.59 Å². The molecule has 0 spiro atoms. The molecule has 0 bridgehead atoms. The SMILES string of the molecule is NC(=O)CCNC(=O)c1ccc(N2CCOCC2)cc1. The Morgan fingerprint density at radius 2 is 1.85 bits per heavy atom. The van der Waals surface area contributed by atoms with Gasteiger partial charge in [0.05, 0.1) is 13.2 Å². The molecule has 0 aliphatic carbocycles. The van der Waals surface area contributed by atoms with Crippen LogP contribution in [0.5, 0.6) is 0 Å². The number of carbonyl (C=O) groups excluding carboxylic acids is 2. The number of nitrogens with zero attached hydrogens (tertiary/aromatic N) is 1. The maximum atomic E-state index is 11.8. The number of hydrogen-bond donors (Lipinski definition) is 2. The van der Waals surface area contributed by atoms with Crippen LogP contribution in [0.2, 0.25) is 0 Å². The van der Waals surface area contributed by atoms with E-state index in [0.29, 0.717) is 5.56 Å². The van der Waals surface area contributed by atoms with E-state index in [1.54, 1.807) is 12.1 Å². The number of morpholine rings is 1. The molecule has 1 fully saturated rings. The van der Waals surface area contributed by atoms with Gasteiger partial charge in [0, 0.05) is 37.3 Å². The Kier molecular flexibility index (Phi) is 4.95. The van der Waals surface area contributed by atoms with E-state index in [0.717, 1.165) is 32.0 Å². The van der Waals surface area contributed by atoms with Gasteiger partial charge < -0.3 is 20.7 Å².